The van der Waals surface area contributed by atoms with Gasteiger partial charge in [-0.1, -0.05) is 6.07 Å². The summed E-state index contributed by atoms with van der Waals surface area (Å²) in [5, 5.41) is 0. The summed E-state index contributed by atoms with van der Waals surface area (Å²) in [6, 6.07) is 5.37. The van der Waals surface area contributed by atoms with Crippen molar-refractivity contribution >= 4 is 5.78 Å². The van der Waals surface area contributed by atoms with E-state index in [2.05, 4.69) is 0 Å². The highest BCUT2D eigenvalue weighted by molar-refractivity contribution is 6.10. The van der Waals surface area contributed by atoms with E-state index in [1.807, 2.05) is 0 Å². The van der Waals surface area contributed by atoms with E-state index in [1.165, 1.54) is 13.0 Å². The number of halogens is 5. The molecule has 0 radical (unpaired) electrons. The van der Waals surface area contributed by atoms with Crippen LogP contribution in [0.1, 0.15) is 27.0 Å². The van der Waals surface area contributed by atoms with Crippen LogP contribution in [0.25, 0.3) is 0 Å². The fraction of sp³-hybridized carbons (Fsp3) is 0.133. The maximum atomic E-state index is 13.2. The van der Waals surface area contributed by atoms with Crippen LogP contribution in [-0.2, 0) is 6.18 Å². The highest BCUT2D eigenvalue weighted by Crippen LogP contribution is 2.32. The minimum absolute atomic E-state index is 0.0604. The zero-order chi connectivity index (χ0) is 15.8. The van der Waals surface area contributed by atoms with E-state index in [0.717, 1.165) is 18.2 Å². The summed E-state index contributed by atoms with van der Waals surface area (Å²) >= 11 is 0. The molecule has 110 valence electrons. The number of benzene rings is 2. The van der Waals surface area contributed by atoms with Gasteiger partial charge in [0.2, 0.25) is 0 Å². The summed E-state index contributed by atoms with van der Waals surface area (Å²) in [7, 11) is 0. The first-order valence-corrected chi connectivity index (χ1v) is 5.88. The SMILES string of the molecule is Cc1ccc(F)cc1C(=O)c1ccc(F)c(C(F)(F)F)c1. The lowest BCUT2D eigenvalue weighted by Crippen LogP contribution is -2.11. The topological polar surface area (TPSA) is 17.1 Å². The molecule has 0 aliphatic carbocycles. The highest BCUT2D eigenvalue weighted by atomic mass is 19.4. The van der Waals surface area contributed by atoms with Crippen LogP contribution in [0, 0.1) is 18.6 Å². The predicted molar refractivity (Wildman–Crippen MR) is 66.0 cm³/mol. The van der Waals surface area contributed by atoms with E-state index in [0.29, 0.717) is 17.7 Å². The highest BCUT2D eigenvalue weighted by Gasteiger charge is 2.34. The van der Waals surface area contributed by atoms with E-state index in [9.17, 15) is 26.7 Å². The molecule has 0 saturated carbocycles. The Labute approximate surface area is 117 Å². The van der Waals surface area contributed by atoms with Crippen molar-refractivity contribution in [3.8, 4) is 0 Å². The third kappa shape index (κ3) is 3.09. The summed E-state index contributed by atoms with van der Waals surface area (Å²) in [6.45, 7) is 1.53. The van der Waals surface area contributed by atoms with Gasteiger partial charge in [0.1, 0.15) is 11.6 Å². The molecule has 6 heteroatoms. The molecule has 0 aromatic heterocycles. The van der Waals surface area contributed by atoms with Crippen LogP contribution in [0.4, 0.5) is 22.0 Å². The van der Waals surface area contributed by atoms with Gasteiger partial charge >= 0.3 is 6.18 Å². The van der Waals surface area contributed by atoms with Gasteiger partial charge in [-0.15, -0.1) is 0 Å². The average molecular weight is 300 g/mol. The molecular weight excluding hydrogens is 291 g/mol. The number of hydrogen-bond donors (Lipinski definition) is 0. The van der Waals surface area contributed by atoms with E-state index in [4.69, 9.17) is 0 Å². The van der Waals surface area contributed by atoms with Crippen molar-refractivity contribution in [2.75, 3.05) is 0 Å². The lowest BCUT2D eigenvalue weighted by Gasteiger charge is -2.10. The van der Waals surface area contributed by atoms with Crippen molar-refractivity contribution in [3.63, 3.8) is 0 Å². The molecule has 21 heavy (non-hydrogen) atoms. The van der Waals surface area contributed by atoms with Gasteiger partial charge in [0.15, 0.2) is 5.78 Å². The molecule has 0 saturated heterocycles. The molecule has 0 aliphatic rings. The maximum Gasteiger partial charge on any atom is 0.419 e. The molecule has 0 spiro atoms. The van der Waals surface area contributed by atoms with Crippen molar-refractivity contribution in [2.24, 2.45) is 0 Å². The van der Waals surface area contributed by atoms with Gasteiger partial charge in [-0.05, 0) is 42.8 Å². The minimum atomic E-state index is -4.91. The first-order chi connectivity index (χ1) is 9.70. The number of carbonyl (C=O) groups is 1. The number of rotatable bonds is 2. The molecule has 0 aliphatic heterocycles. The van der Waals surface area contributed by atoms with Gasteiger partial charge in [0.25, 0.3) is 0 Å². The standard InChI is InChI=1S/C15H9F5O/c1-8-2-4-10(16)7-11(8)14(21)9-3-5-13(17)12(6-9)15(18,19)20/h2-7H,1H3. The Bertz CT molecular complexity index is 704. The van der Waals surface area contributed by atoms with Gasteiger partial charge in [-0.25, -0.2) is 8.78 Å². The zero-order valence-electron chi connectivity index (χ0n) is 10.8. The summed E-state index contributed by atoms with van der Waals surface area (Å²) in [5.74, 6) is -2.94. The van der Waals surface area contributed by atoms with Crippen LogP contribution in [0.5, 0.6) is 0 Å². The first-order valence-electron chi connectivity index (χ1n) is 5.88. The van der Waals surface area contributed by atoms with Crippen molar-refractivity contribution in [2.45, 2.75) is 13.1 Å². The lowest BCUT2D eigenvalue weighted by molar-refractivity contribution is -0.140. The Balaban J connectivity index is 2.52. The number of hydrogen-bond acceptors (Lipinski definition) is 1. The molecular formula is C15H9F5O. The molecule has 2 rings (SSSR count). The fourth-order valence-corrected chi connectivity index (χ4v) is 1.88. The van der Waals surface area contributed by atoms with E-state index in [-0.39, 0.29) is 11.1 Å². The Morgan fingerprint density at radius 2 is 1.67 bits per heavy atom. The van der Waals surface area contributed by atoms with Gasteiger partial charge in [-0.3, -0.25) is 4.79 Å². The van der Waals surface area contributed by atoms with Crippen LogP contribution in [-0.4, -0.2) is 5.78 Å². The van der Waals surface area contributed by atoms with Crippen molar-refractivity contribution in [1.29, 1.82) is 0 Å². The van der Waals surface area contributed by atoms with Gasteiger partial charge in [0, 0.05) is 11.1 Å². The number of carbonyl (C=O) groups excluding carboxylic acids is 1. The summed E-state index contributed by atoms with van der Waals surface area (Å²) in [5.41, 5.74) is -1.52. The Hall–Kier alpha value is -2.24. The summed E-state index contributed by atoms with van der Waals surface area (Å²) < 4.78 is 64.2. The van der Waals surface area contributed by atoms with Crippen molar-refractivity contribution < 1.29 is 26.7 Å². The molecule has 0 bridgehead atoms. The van der Waals surface area contributed by atoms with E-state index < -0.39 is 29.2 Å². The second-order valence-corrected chi connectivity index (χ2v) is 4.48. The smallest absolute Gasteiger partial charge is 0.289 e. The molecule has 0 amide bonds. The van der Waals surface area contributed by atoms with Gasteiger partial charge < -0.3 is 0 Å². The quantitative estimate of drug-likeness (QED) is 0.588. The van der Waals surface area contributed by atoms with E-state index in [1.54, 1.807) is 0 Å². The normalized spacial score (nSPS) is 11.5. The molecule has 2 aromatic rings. The molecule has 0 heterocycles. The Morgan fingerprint density at radius 1 is 1.00 bits per heavy atom. The van der Waals surface area contributed by atoms with Crippen LogP contribution < -0.4 is 0 Å². The van der Waals surface area contributed by atoms with Gasteiger partial charge in [-0.2, -0.15) is 13.2 Å². The zero-order valence-corrected chi connectivity index (χ0v) is 10.8. The monoisotopic (exact) mass is 300 g/mol. The van der Waals surface area contributed by atoms with Gasteiger partial charge in [0.05, 0.1) is 5.56 Å². The first kappa shape index (κ1) is 15.2. The number of alkyl halides is 3. The molecule has 0 fully saturated rings. The largest absolute Gasteiger partial charge is 0.419 e. The third-order valence-electron chi connectivity index (χ3n) is 2.98. The molecule has 0 N–H and O–H groups in total. The second-order valence-electron chi connectivity index (χ2n) is 4.48. The molecule has 1 nitrogen and oxygen atoms in total. The number of aryl methyl sites for hydroxylation is 1. The second kappa shape index (κ2) is 5.27. The maximum absolute atomic E-state index is 13.2. The lowest BCUT2D eigenvalue weighted by atomic mass is 9.97. The molecule has 0 atom stereocenters. The van der Waals surface area contributed by atoms with Crippen LogP contribution in [0.15, 0.2) is 36.4 Å². The third-order valence-corrected chi connectivity index (χ3v) is 2.98. The average Bonchev–Trinajstić information content (AvgIpc) is 2.40. The van der Waals surface area contributed by atoms with Crippen LogP contribution in [0.3, 0.4) is 0 Å². The van der Waals surface area contributed by atoms with Crippen molar-refractivity contribution in [1.82, 2.24) is 0 Å². The van der Waals surface area contributed by atoms with Crippen molar-refractivity contribution in [3.05, 3.63) is 70.3 Å². The Kier molecular flexibility index (Phi) is 3.80. The summed E-state index contributed by atoms with van der Waals surface area (Å²) in [4.78, 5) is 12.2. The fourth-order valence-electron chi connectivity index (χ4n) is 1.88. The minimum Gasteiger partial charge on any atom is -0.289 e. The van der Waals surface area contributed by atoms with Crippen LogP contribution >= 0.6 is 0 Å². The molecule has 2 aromatic carbocycles. The van der Waals surface area contributed by atoms with E-state index >= 15 is 0 Å². The molecule has 0 unspecified atom stereocenters. The predicted octanol–water partition coefficient (Wildman–Crippen LogP) is 4.52. The summed E-state index contributed by atoms with van der Waals surface area (Å²) in [6.07, 6.45) is -4.91. The number of ketones is 1. The Morgan fingerprint density at radius 3 is 2.29 bits per heavy atom. The van der Waals surface area contributed by atoms with Crippen LogP contribution in [0.2, 0.25) is 0 Å².